The number of benzene rings is 1. The Bertz CT molecular complexity index is 647. The highest BCUT2D eigenvalue weighted by Crippen LogP contribution is 2.15. The van der Waals surface area contributed by atoms with E-state index in [1.807, 2.05) is 32.0 Å². The molecule has 1 atom stereocenters. The zero-order valence-electron chi connectivity index (χ0n) is 12.2. The fraction of sp³-hybridized carbons (Fsp3) is 0.400. The number of hydrogen-bond donors (Lipinski definition) is 2. The van der Waals surface area contributed by atoms with Gasteiger partial charge in [-0.25, -0.2) is 4.68 Å². The van der Waals surface area contributed by atoms with Crippen molar-refractivity contribution in [1.82, 2.24) is 25.6 Å². The molecule has 0 bridgehead atoms. The Hall–Kier alpha value is -2.21. The van der Waals surface area contributed by atoms with E-state index < -0.39 is 0 Å². The lowest BCUT2D eigenvalue weighted by Crippen LogP contribution is -2.43. The number of rotatable bonds is 4. The van der Waals surface area contributed by atoms with Crippen molar-refractivity contribution in [3.63, 3.8) is 0 Å². The van der Waals surface area contributed by atoms with Crippen molar-refractivity contribution in [2.45, 2.75) is 25.9 Å². The van der Waals surface area contributed by atoms with Crippen molar-refractivity contribution >= 4 is 5.91 Å². The zero-order chi connectivity index (χ0) is 14.8. The van der Waals surface area contributed by atoms with Crippen LogP contribution in [0.15, 0.2) is 30.5 Å². The van der Waals surface area contributed by atoms with Crippen LogP contribution in [0.25, 0.3) is 0 Å². The fourth-order valence-corrected chi connectivity index (χ4v) is 2.31. The lowest BCUT2D eigenvalue weighted by atomic mass is 10.1. The molecule has 0 spiro atoms. The topological polar surface area (TPSA) is 71.8 Å². The standard InChI is InChI=1S/C15H19N5O/c1-10-4-3-5-12(6-10)11(2)17-15(21)14-9-20(19-18-14)13-7-16-8-13/h3-6,9,11,13,16H,7-8H2,1-2H3,(H,17,21)/t11-/m0/s1. The van der Waals surface area contributed by atoms with Gasteiger partial charge in [-0.3, -0.25) is 4.79 Å². The first kappa shape index (κ1) is 13.8. The second-order valence-corrected chi connectivity index (χ2v) is 5.51. The van der Waals surface area contributed by atoms with Crippen molar-refractivity contribution in [3.8, 4) is 0 Å². The number of nitrogens with one attached hydrogen (secondary N) is 2. The molecule has 2 heterocycles. The number of aromatic nitrogens is 3. The van der Waals surface area contributed by atoms with E-state index in [1.54, 1.807) is 10.9 Å². The molecular formula is C15H19N5O. The molecule has 2 N–H and O–H groups in total. The van der Waals surface area contributed by atoms with Crippen molar-refractivity contribution in [2.75, 3.05) is 13.1 Å². The first-order valence-electron chi connectivity index (χ1n) is 7.13. The summed E-state index contributed by atoms with van der Waals surface area (Å²) in [6, 6.07) is 8.36. The predicted molar refractivity (Wildman–Crippen MR) is 79.0 cm³/mol. The van der Waals surface area contributed by atoms with Crippen LogP contribution in [-0.2, 0) is 0 Å². The molecule has 1 amide bonds. The molecule has 1 aromatic carbocycles. The maximum absolute atomic E-state index is 12.2. The van der Waals surface area contributed by atoms with Gasteiger partial charge in [-0.2, -0.15) is 0 Å². The maximum atomic E-state index is 12.2. The minimum absolute atomic E-state index is 0.0621. The Morgan fingerprint density at radius 1 is 1.48 bits per heavy atom. The van der Waals surface area contributed by atoms with Crippen LogP contribution < -0.4 is 10.6 Å². The van der Waals surface area contributed by atoms with Crippen LogP contribution >= 0.6 is 0 Å². The Morgan fingerprint density at radius 2 is 2.29 bits per heavy atom. The van der Waals surface area contributed by atoms with Crippen molar-refractivity contribution in [3.05, 3.63) is 47.3 Å². The van der Waals surface area contributed by atoms with Crippen LogP contribution in [0.5, 0.6) is 0 Å². The maximum Gasteiger partial charge on any atom is 0.273 e. The third kappa shape index (κ3) is 2.95. The minimum Gasteiger partial charge on any atom is -0.344 e. The minimum atomic E-state index is -0.192. The smallest absolute Gasteiger partial charge is 0.273 e. The van der Waals surface area contributed by atoms with Crippen LogP contribution in [0.1, 0.15) is 40.6 Å². The van der Waals surface area contributed by atoms with Gasteiger partial charge in [0.25, 0.3) is 5.91 Å². The molecule has 1 aliphatic heterocycles. The molecule has 1 aromatic heterocycles. The van der Waals surface area contributed by atoms with Crippen LogP contribution in [0.2, 0.25) is 0 Å². The van der Waals surface area contributed by atoms with E-state index in [1.165, 1.54) is 5.56 Å². The molecule has 1 fully saturated rings. The molecule has 6 heteroatoms. The van der Waals surface area contributed by atoms with Gasteiger partial charge in [0.1, 0.15) is 0 Å². The molecule has 0 unspecified atom stereocenters. The van der Waals surface area contributed by atoms with E-state index in [0.29, 0.717) is 11.7 Å². The molecule has 110 valence electrons. The highest BCUT2D eigenvalue weighted by molar-refractivity contribution is 5.92. The summed E-state index contributed by atoms with van der Waals surface area (Å²) in [7, 11) is 0. The molecule has 0 aliphatic carbocycles. The highest BCUT2D eigenvalue weighted by Gasteiger charge is 2.22. The Morgan fingerprint density at radius 3 is 2.95 bits per heavy atom. The second-order valence-electron chi connectivity index (χ2n) is 5.51. The Balaban J connectivity index is 1.66. The summed E-state index contributed by atoms with van der Waals surface area (Å²) in [5.41, 5.74) is 2.62. The van der Waals surface area contributed by atoms with Crippen LogP contribution in [0.3, 0.4) is 0 Å². The van der Waals surface area contributed by atoms with Gasteiger partial charge >= 0.3 is 0 Å². The lowest BCUT2D eigenvalue weighted by Gasteiger charge is -2.26. The van der Waals surface area contributed by atoms with E-state index in [4.69, 9.17) is 0 Å². The number of amides is 1. The van der Waals surface area contributed by atoms with Gasteiger partial charge in [0, 0.05) is 13.1 Å². The Labute approximate surface area is 123 Å². The SMILES string of the molecule is Cc1cccc([C@H](C)NC(=O)c2cn(C3CNC3)nn2)c1. The predicted octanol–water partition coefficient (Wildman–Crippen LogP) is 1.22. The number of carbonyl (C=O) groups excluding carboxylic acids is 1. The van der Waals surface area contributed by atoms with E-state index >= 15 is 0 Å². The third-order valence-corrected chi connectivity index (χ3v) is 3.77. The number of nitrogens with zero attached hydrogens (tertiary/aromatic N) is 3. The molecule has 1 saturated heterocycles. The van der Waals surface area contributed by atoms with Crippen LogP contribution in [0, 0.1) is 6.92 Å². The van der Waals surface area contributed by atoms with Gasteiger partial charge in [0.05, 0.1) is 18.3 Å². The van der Waals surface area contributed by atoms with E-state index in [9.17, 15) is 4.79 Å². The molecule has 0 saturated carbocycles. The van der Waals surface area contributed by atoms with Crippen LogP contribution in [-0.4, -0.2) is 34.0 Å². The third-order valence-electron chi connectivity index (χ3n) is 3.77. The number of aryl methyl sites for hydroxylation is 1. The average molecular weight is 285 g/mol. The first-order valence-corrected chi connectivity index (χ1v) is 7.13. The molecule has 2 aromatic rings. The fourth-order valence-electron chi connectivity index (χ4n) is 2.31. The van der Waals surface area contributed by atoms with Gasteiger partial charge < -0.3 is 10.6 Å². The number of hydrogen-bond acceptors (Lipinski definition) is 4. The zero-order valence-corrected chi connectivity index (χ0v) is 12.2. The van der Waals surface area contributed by atoms with Gasteiger partial charge in [0.2, 0.25) is 0 Å². The second kappa shape index (κ2) is 5.65. The van der Waals surface area contributed by atoms with Gasteiger partial charge in [-0.15, -0.1) is 5.10 Å². The van der Waals surface area contributed by atoms with Gasteiger partial charge in [0.15, 0.2) is 5.69 Å². The molecule has 21 heavy (non-hydrogen) atoms. The quantitative estimate of drug-likeness (QED) is 0.886. The monoisotopic (exact) mass is 285 g/mol. The largest absolute Gasteiger partial charge is 0.344 e. The van der Waals surface area contributed by atoms with Gasteiger partial charge in [-0.05, 0) is 19.4 Å². The summed E-state index contributed by atoms with van der Waals surface area (Å²) in [4.78, 5) is 12.2. The van der Waals surface area contributed by atoms with E-state index in [2.05, 4.69) is 27.0 Å². The summed E-state index contributed by atoms with van der Waals surface area (Å²) in [6.07, 6.45) is 1.71. The lowest BCUT2D eigenvalue weighted by molar-refractivity contribution is 0.0934. The van der Waals surface area contributed by atoms with Crippen LogP contribution in [0.4, 0.5) is 0 Å². The molecule has 0 radical (unpaired) electrons. The summed E-state index contributed by atoms with van der Waals surface area (Å²) < 4.78 is 1.75. The number of carbonyl (C=O) groups is 1. The molecule has 3 rings (SSSR count). The Kier molecular flexibility index (Phi) is 3.70. The summed E-state index contributed by atoms with van der Waals surface area (Å²) in [6.45, 7) is 5.76. The van der Waals surface area contributed by atoms with Crippen molar-refractivity contribution < 1.29 is 4.79 Å². The van der Waals surface area contributed by atoms with Gasteiger partial charge in [-0.1, -0.05) is 35.0 Å². The summed E-state index contributed by atoms with van der Waals surface area (Å²) in [5, 5.41) is 14.1. The average Bonchev–Trinajstić information content (AvgIpc) is 2.86. The van der Waals surface area contributed by atoms with E-state index in [0.717, 1.165) is 18.7 Å². The summed E-state index contributed by atoms with van der Waals surface area (Å²) >= 11 is 0. The normalized spacial score (nSPS) is 16.3. The van der Waals surface area contributed by atoms with E-state index in [-0.39, 0.29) is 11.9 Å². The highest BCUT2D eigenvalue weighted by atomic mass is 16.2. The molecular weight excluding hydrogens is 266 g/mol. The van der Waals surface area contributed by atoms with Crippen molar-refractivity contribution in [2.24, 2.45) is 0 Å². The molecule has 6 nitrogen and oxygen atoms in total. The summed E-state index contributed by atoms with van der Waals surface area (Å²) in [5.74, 6) is -0.192. The van der Waals surface area contributed by atoms with Crippen molar-refractivity contribution in [1.29, 1.82) is 0 Å². The first-order chi connectivity index (χ1) is 10.1. The molecule has 1 aliphatic rings.